The van der Waals surface area contributed by atoms with Crippen LogP contribution in [0.4, 0.5) is 0 Å². The summed E-state index contributed by atoms with van der Waals surface area (Å²) in [6.07, 6.45) is 1.01. The number of allylic oxidation sites excluding steroid dienone is 1. The van der Waals surface area contributed by atoms with Crippen molar-refractivity contribution in [3.05, 3.63) is 66.2 Å². The van der Waals surface area contributed by atoms with Gasteiger partial charge in [-0.05, 0) is 47.4 Å². The van der Waals surface area contributed by atoms with E-state index in [9.17, 15) is 0 Å². The van der Waals surface area contributed by atoms with Crippen LogP contribution < -0.4 is 9.47 Å². The smallest absolute Gasteiger partial charge is 0.118 e. The Balaban J connectivity index is 2.24. The molecule has 2 aromatic carbocycles. The molecule has 0 aromatic heterocycles. The van der Waals surface area contributed by atoms with Gasteiger partial charge in [-0.25, -0.2) is 0 Å². The third-order valence-electron chi connectivity index (χ3n) is 3.81. The molecule has 0 saturated carbocycles. The largest absolute Gasteiger partial charge is 0.497 e. The lowest BCUT2D eigenvalue weighted by molar-refractivity contribution is 0.414. The van der Waals surface area contributed by atoms with Crippen molar-refractivity contribution in [3.63, 3.8) is 0 Å². The molecule has 0 N–H and O–H groups in total. The molecule has 2 nitrogen and oxygen atoms in total. The maximum Gasteiger partial charge on any atom is 0.118 e. The number of ether oxygens (including phenoxy) is 2. The molecule has 0 aliphatic carbocycles. The number of methoxy groups -OCH3 is 2. The molecule has 0 heterocycles. The van der Waals surface area contributed by atoms with Crippen LogP contribution in [0.1, 0.15) is 30.4 Å². The van der Waals surface area contributed by atoms with E-state index >= 15 is 0 Å². The highest BCUT2D eigenvalue weighted by atomic mass is 16.5. The summed E-state index contributed by atoms with van der Waals surface area (Å²) in [6, 6.07) is 16.3. The minimum absolute atomic E-state index is 0.310. The molecule has 110 valence electrons. The van der Waals surface area contributed by atoms with Gasteiger partial charge in [0, 0.05) is 5.92 Å². The van der Waals surface area contributed by atoms with E-state index in [1.165, 1.54) is 5.56 Å². The van der Waals surface area contributed by atoms with Gasteiger partial charge in [-0.1, -0.05) is 37.8 Å². The standard InChI is InChI=1S/C19H22O2/c1-5-19(16-8-12-18(21-4)13-9-16)14(2)15-6-10-17(20-3)11-7-15/h6-13,19H,2,5H2,1,3-4H3/t19-/m0/s1. The number of hydrogen-bond donors (Lipinski definition) is 0. The summed E-state index contributed by atoms with van der Waals surface area (Å²) in [5, 5.41) is 0. The average Bonchev–Trinajstić information content (AvgIpc) is 2.56. The normalized spacial score (nSPS) is 11.8. The van der Waals surface area contributed by atoms with Gasteiger partial charge in [0.05, 0.1) is 14.2 Å². The molecular weight excluding hydrogens is 260 g/mol. The van der Waals surface area contributed by atoms with Crippen LogP contribution in [0, 0.1) is 0 Å². The van der Waals surface area contributed by atoms with Gasteiger partial charge in [0.1, 0.15) is 11.5 Å². The van der Waals surface area contributed by atoms with Crippen molar-refractivity contribution < 1.29 is 9.47 Å². The minimum atomic E-state index is 0.310. The van der Waals surface area contributed by atoms with Crippen LogP contribution in [0.5, 0.6) is 11.5 Å². The summed E-state index contributed by atoms with van der Waals surface area (Å²) < 4.78 is 10.4. The Morgan fingerprint density at radius 1 is 0.905 bits per heavy atom. The van der Waals surface area contributed by atoms with Crippen LogP contribution in [0.15, 0.2) is 55.1 Å². The second-order valence-corrected chi connectivity index (χ2v) is 4.99. The predicted octanol–water partition coefficient (Wildman–Crippen LogP) is 4.91. The van der Waals surface area contributed by atoms with E-state index in [4.69, 9.17) is 9.47 Å². The lowest BCUT2D eigenvalue weighted by atomic mass is 9.86. The Kier molecular flexibility index (Phi) is 5.04. The van der Waals surface area contributed by atoms with Crippen molar-refractivity contribution in [1.82, 2.24) is 0 Å². The first-order valence-electron chi connectivity index (χ1n) is 7.16. The fourth-order valence-corrected chi connectivity index (χ4v) is 2.53. The van der Waals surface area contributed by atoms with Gasteiger partial charge in [0.15, 0.2) is 0 Å². The molecule has 0 saturated heterocycles. The van der Waals surface area contributed by atoms with Crippen molar-refractivity contribution in [1.29, 1.82) is 0 Å². The Labute approximate surface area is 127 Å². The monoisotopic (exact) mass is 282 g/mol. The van der Waals surface area contributed by atoms with Crippen molar-refractivity contribution >= 4 is 5.57 Å². The highest BCUT2D eigenvalue weighted by molar-refractivity contribution is 5.70. The SMILES string of the molecule is C=C(c1ccc(OC)cc1)[C@H](CC)c1ccc(OC)cc1. The molecule has 0 fully saturated rings. The molecule has 0 spiro atoms. The van der Waals surface area contributed by atoms with E-state index in [0.29, 0.717) is 5.92 Å². The second kappa shape index (κ2) is 6.98. The van der Waals surface area contributed by atoms with Crippen molar-refractivity contribution in [2.45, 2.75) is 19.3 Å². The van der Waals surface area contributed by atoms with E-state index < -0.39 is 0 Å². The maximum absolute atomic E-state index is 5.22. The summed E-state index contributed by atoms with van der Waals surface area (Å²) in [4.78, 5) is 0. The van der Waals surface area contributed by atoms with Gasteiger partial charge in [-0.15, -0.1) is 0 Å². The van der Waals surface area contributed by atoms with Gasteiger partial charge >= 0.3 is 0 Å². The van der Waals surface area contributed by atoms with E-state index in [0.717, 1.165) is 29.1 Å². The third kappa shape index (κ3) is 3.46. The first kappa shape index (κ1) is 15.2. The Morgan fingerprint density at radius 3 is 1.81 bits per heavy atom. The molecule has 0 aliphatic rings. The van der Waals surface area contributed by atoms with E-state index in [1.807, 2.05) is 24.3 Å². The Bertz CT molecular complexity index is 582. The van der Waals surface area contributed by atoms with Gasteiger partial charge in [0.2, 0.25) is 0 Å². The zero-order chi connectivity index (χ0) is 15.2. The molecule has 2 heteroatoms. The zero-order valence-corrected chi connectivity index (χ0v) is 12.9. The van der Waals surface area contributed by atoms with Crippen molar-refractivity contribution in [3.8, 4) is 11.5 Å². The summed E-state index contributed by atoms with van der Waals surface area (Å²) in [7, 11) is 3.36. The Morgan fingerprint density at radius 2 is 1.38 bits per heavy atom. The molecule has 0 unspecified atom stereocenters. The molecular formula is C19H22O2. The lowest BCUT2D eigenvalue weighted by Crippen LogP contribution is -2.00. The fraction of sp³-hybridized carbons (Fsp3) is 0.263. The van der Waals surface area contributed by atoms with Crippen LogP contribution >= 0.6 is 0 Å². The van der Waals surface area contributed by atoms with Gasteiger partial charge in [-0.2, -0.15) is 0 Å². The van der Waals surface area contributed by atoms with Crippen molar-refractivity contribution in [2.24, 2.45) is 0 Å². The second-order valence-electron chi connectivity index (χ2n) is 4.99. The van der Waals surface area contributed by atoms with Crippen LogP contribution in [0.2, 0.25) is 0 Å². The molecule has 0 radical (unpaired) electrons. The van der Waals surface area contributed by atoms with Gasteiger partial charge < -0.3 is 9.47 Å². The summed E-state index contributed by atoms with van der Waals surface area (Å²) in [5.41, 5.74) is 3.54. The summed E-state index contributed by atoms with van der Waals surface area (Å²) >= 11 is 0. The van der Waals surface area contributed by atoms with Crippen molar-refractivity contribution in [2.75, 3.05) is 14.2 Å². The quantitative estimate of drug-likeness (QED) is 0.749. The van der Waals surface area contributed by atoms with Crippen LogP contribution in [-0.2, 0) is 0 Å². The maximum atomic E-state index is 5.22. The van der Waals surface area contributed by atoms with E-state index in [2.05, 4.69) is 37.8 Å². The average molecular weight is 282 g/mol. The van der Waals surface area contributed by atoms with E-state index in [1.54, 1.807) is 14.2 Å². The topological polar surface area (TPSA) is 18.5 Å². The van der Waals surface area contributed by atoms with Crippen LogP contribution in [0.3, 0.4) is 0 Å². The first-order chi connectivity index (χ1) is 10.2. The molecule has 2 aromatic rings. The highest BCUT2D eigenvalue weighted by Crippen LogP contribution is 2.34. The first-order valence-corrected chi connectivity index (χ1v) is 7.16. The fourth-order valence-electron chi connectivity index (χ4n) is 2.53. The molecule has 0 bridgehead atoms. The number of rotatable bonds is 6. The minimum Gasteiger partial charge on any atom is -0.497 e. The number of hydrogen-bond acceptors (Lipinski definition) is 2. The molecule has 0 amide bonds. The summed E-state index contributed by atoms with van der Waals surface area (Å²) in [6.45, 7) is 6.48. The number of benzene rings is 2. The van der Waals surface area contributed by atoms with Crippen LogP contribution in [0.25, 0.3) is 5.57 Å². The Hall–Kier alpha value is -2.22. The summed E-state index contributed by atoms with van der Waals surface area (Å²) in [5.74, 6) is 2.05. The predicted molar refractivity (Wildman–Crippen MR) is 88.1 cm³/mol. The van der Waals surface area contributed by atoms with Gasteiger partial charge in [-0.3, -0.25) is 0 Å². The highest BCUT2D eigenvalue weighted by Gasteiger charge is 2.15. The molecule has 1 atom stereocenters. The third-order valence-corrected chi connectivity index (χ3v) is 3.81. The molecule has 21 heavy (non-hydrogen) atoms. The van der Waals surface area contributed by atoms with E-state index in [-0.39, 0.29) is 0 Å². The van der Waals surface area contributed by atoms with Crippen LogP contribution in [-0.4, -0.2) is 14.2 Å². The lowest BCUT2D eigenvalue weighted by Gasteiger charge is -2.19. The molecule has 2 rings (SSSR count). The van der Waals surface area contributed by atoms with Gasteiger partial charge in [0.25, 0.3) is 0 Å². The molecule has 0 aliphatic heterocycles. The zero-order valence-electron chi connectivity index (χ0n) is 12.9.